The molecule has 3 aromatic rings. The van der Waals surface area contributed by atoms with Gasteiger partial charge in [0.05, 0.1) is 6.54 Å². The summed E-state index contributed by atoms with van der Waals surface area (Å²) < 4.78 is 1.73. The highest BCUT2D eigenvalue weighted by atomic mass is 35.5. The van der Waals surface area contributed by atoms with Crippen LogP contribution in [0, 0.1) is 0 Å². The molecule has 0 spiro atoms. The Kier molecular flexibility index (Phi) is 5.85. The van der Waals surface area contributed by atoms with Gasteiger partial charge in [-0.15, -0.1) is 5.10 Å². The number of rotatable bonds is 5. The average Bonchev–Trinajstić information content (AvgIpc) is 3.02. The summed E-state index contributed by atoms with van der Waals surface area (Å²) in [5.74, 6) is 0.949. The molecule has 7 heteroatoms. The average molecular weight is 386 g/mol. The van der Waals surface area contributed by atoms with E-state index in [1.165, 1.54) is 5.56 Å². The van der Waals surface area contributed by atoms with Crippen molar-refractivity contribution in [1.82, 2.24) is 14.8 Å². The summed E-state index contributed by atoms with van der Waals surface area (Å²) in [4.78, 5) is 4.23. The molecule has 0 saturated heterocycles. The third-order valence-electron chi connectivity index (χ3n) is 3.83. The molecular formula is C19H20ClN5S. The summed E-state index contributed by atoms with van der Waals surface area (Å²) in [6.07, 6.45) is 1.66. The van der Waals surface area contributed by atoms with Gasteiger partial charge < -0.3 is 5.32 Å². The second kappa shape index (κ2) is 8.29. The minimum atomic E-state index is 0.447. The molecule has 1 aromatic heterocycles. The smallest absolute Gasteiger partial charge is 0.248 e. The first-order valence-electron chi connectivity index (χ1n) is 8.31. The SMILES string of the molecule is CC(C)c1ccc(NC(=S)Nc2ncn(Cc3cccc(Cl)c3)n2)cc1. The lowest BCUT2D eigenvalue weighted by Gasteiger charge is -2.10. The topological polar surface area (TPSA) is 54.8 Å². The molecule has 0 aliphatic carbocycles. The van der Waals surface area contributed by atoms with Crippen LogP contribution in [0.2, 0.25) is 5.02 Å². The number of anilines is 2. The number of halogens is 1. The Morgan fingerprint density at radius 2 is 1.92 bits per heavy atom. The van der Waals surface area contributed by atoms with E-state index < -0.39 is 0 Å². The van der Waals surface area contributed by atoms with Crippen LogP contribution in [0.4, 0.5) is 11.6 Å². The molecule has 0 unspecified atom stereocenters. The van der Waals surface area contributed by atoms with E-state index in [4.69, 9.17) is 23.8 Å². The monoisotopic (exact) mass is 385 g/mol. The molecule has 5 nitrogen and oxygen atoms in total. The van der Waals surface area contributed by atoms with Crippen LogP contribution in [0.1, 0.15) is 30.9 Å². The van der Waals surface area contributed by atoms with Crippen molar-refractivity contribution in [2.75, 3.05) is 10.6 Å². The van der Waals surface area contributed by atoms with Crippen LogP contribution in [0.25, 0.3) is 0 Å². The van der Waals surface area contributed by atoms with Crippen molar-refractivity contribution in [3.8, 4) is 0 Å². The zero-order valence-corrected chi connectivity index (χ0v) is 16.2. The van der Waals surface area contributed by atoms with Crippen molar-refractivity contribution in [1.29, 1.82) is 0 Å². The molecule has 0 atom stereocenters. The Hall–Kier alpha value is -2.44. The minimum Gasteiger partial charge on any atom is -0.332 e. The van der Waals surface area contributed by atoms with Gasteiger partial charge in [-0.1, -0.05) is 49.7 Å². The van der Waals surface area contributed by atoms with Gasteiger partial charge in [-0.2, -0.15) is 0 Å². The number of hydrogen-bond donors (Lipinski definition) is 2. The van der Waals surface area contributed by atoms with Gasteiger partial charge in [0.1, 0.15) is 6.33 Å². The van der Waals surface area contributed by atoms with Crippen LogP contribution in [0.15, 0.2) is 54.9 Å². The normalized spacial score (nSPS) is 10.8. The lowest BCUT2D eigenvalue weighted by atomic mass is 10.0. The lowest BCUT2D eigenvalue weighted by molar-refractivity contribution is 0.687. The molecule has 0 aliphatic heterocycles. The zero-order chi connectivity index (χ0) is 18.5. The fourth-order valence-corrected chi connectivity index (χ4v) is 2.89. The standard InChI is InChI=1S/C19H20ClN5S/c1-13(2)15-6-8-17(9-7-15)22-19(26)23-18-21-12-25(24-18)11-14-4-3-5-16(20)10-14/h3-10,12-13H,11H2,1-2H3,(H2,22,23,24,26). The third kappa shape index (κ3) is 5.03. The van der Waals surface area contributed by atoms with Crippen molar-refractivity contribution in [2.45, 2.75) is 26.3 Å². The molecule has 0 bridgehead atoms. The van der Waals surface area contributed by atoms with Gasteiger partial charge in [0.25, 0.3) is 0 Å². The van der Waals surface area contributed by atoms with E-state index in [2.05, 4.69) is 46.7 Å². The number of thiocarbonyl (C=S) groups is 1. The second-order valence-corrected chi connectivity index (χ2v) is 7.10. The third-order valence-corrected chi connectivity index (χ3v) is 4.27. The van der Waals surface area contributed by atoms with Crippen molar-refractivity contribution in [2.24, 2.45) is 0 Å². The highest BCUT2D eigenvalue weighted by Gasteiger charge is 2.05. The van der Waals surface area contributed by atoms with E-state index in [1.807, 2.05) is 36.4 Å². The number of nitrogens with zero attached hydrogens (tertiary/aromatic N) is 3. The van der Waals surface area contributed by atoms with Crippen LogP contribution in [-0.2, 0) is 6.54 Å². The first-order valence-corrected chi connectivity index (χ1v) is 9.10. The van der Waals surface area contributed by atoms with E-state index in [1.54, 1.807) is 11.0 Å². The maximum atomic E-state index is 6.01. The first-order chi connectivity index (χ1) is 12.5. The van der Waals surface area contributed by atoms with Gasteiger partial charge in [0.15, 0.2) is 5.11 Å². The predicted octanol–water partition coefficient (Wildman–Crippen LogP) is 4.91. The van der Waals surface area contributed by atoms with Crippen LogP contribution in [-0.4, -0.2) is 19.9 Å². The maximum Gasteiger partial charge on any atom is 0.248 e. The van der Waals surface area contributed by atoms with E-state index in [0.717, 1.165) is 11.3 Å². The molecule has 0 fully saturated rings. The van der Waals surface area contributed by atoms with Gasteiger partial charge in [-0.25, -0.2) is 9.67 Å². The summed E-state index contributed by atoms with van der Waals surface area (Å²) in [5.41, 5.74) is 3.26. The van der Waals surface area contributed by atoms with Crippen molar-refractivity contribution in [3.63, 3.8) is 0 Å². The van der Waals surface area contributed by atoms with Crippen molar-refractivity contribution < 1.29 is 0 Å². The molecular weight excluding hydrogens is 366 g/mol. The van der Waals surface area contributed by atoms with Gasteiger partial charge >= 0.3 is 0 Å². The summed E-state index contributed by atoms with van der Waals surface area (Å²) in [6, 6.07) is 15.9. The predicted molar refractivity (Wildman–Crippen MR) is 111 cm³/mol. The van der Waals surface area contributed by atoms with Crippen LogP contribution >= 0.6 is 23.8 Å². The molecule has 0 amide bonds. The van der Waals surface area contributed by atoms with E-state index in [9.17, 15) is 0 Å². The number of aromatic nitrogens is 3. The van der Waals surface area contributed by atoms with Crippen LogP contribution in [0.3, 0.4) is 0 Å². The first kappa shape index (κ1) is 18.4. The molecule has 2 aromatic carbocycles. The Morgan fingerprint density at radius 1 is 1.15 bits per heavy atom. The summed E-state index contributed by atoms with van der Waals surface area (Å²) in [7, 11) is 0. The number of benzene rings is 2. The number of hydrogen-bond acceptors (Lipinski definition) is 3. The fraction of sp³-hybridized carbons (Fsp3) is 0.211. The van der Waals surface area contributed by atoms with E-state index in [0.29, 0.717) is 28.5 Å². The Balaban J connectivity index is 1.57. The fourth-order valence-electron chi connectivity index (χ4n) is 2.47. The molecule has 134 valence electrons. The molecule has 26 heavy (non-hydrogen) atoms. The van der Waals surface area contributed by atoms with Crippen molar-refractivity contribution in [3.05, 3.63) is 71.0 Å². The highest BCUT2D eigenvalue weighted by Crippen LogP contribution is 2.17. The van der Waals surface area contributed by atoms with Crippen molar-refractivity contribution >= 4 is 40.6 Å². The van der Waals surface area contributed by atoms with Crippen LogP contribution < -0.4 is 10.6 Å². The Labute approximate surface area is 163 Å². The van der Waals surface area contributed by atoms with Crippen LogP contribution in [0.5, 0.6) is 0 Å². The molecule has 2 N–H and O–H groups in total. The largest absolute Gasteiger partial charge is 0.332 e. The maximum absolute atomic E-state index is 6.01. The van der Waals surface area contributed by atoms with E-state index in [-0.39, 0.29) is 0 Å². The molecule has 3 rings (SSSR count). The summed E-state index contributed by atoms with van der Waals surface area (Å²) in [5, 5.41) is 11.7. The van der Waals surface area contributed by atoms with E-state index >= 15 is 0 Å². The Bertz CT molecular complexity index is 889. The van der Waals surface area contributed by atoms with Gasteiger partial charge in [-0.3, -0.25) is 5.32 Å². The Morgan fingerprint density at radius 3 is 2.62 bits per heavy atom. The van der Waals surface area contributed by atoms with Gasteiger partial charge in [-0.05, 0) is 53.5 Å². The molecule has 0 aliphatic rings. The van der Waals surface area contributed by atoms with Gasteiger partial charge in [0, 0.05) is 10.7 Å². The quantitative estimate of drug-likeness (QED) is 0.611. The minimum absolute atomic E-state index is 0.447. The molecule has 1 heterocycles. The summed E-state index contributed by atoms with van der Waals surface area (Å²) >= 11 is 11.3. The highest BCUT2D eigenvalue weighted by molar-refractivity contribution is 7.80. The lowest BCUT2D eigenvalue weighted by Crippen LogP contribution is -2.20. The molecule has 0 saturated carbocycles. The second-order valence-electron chi connectivity index (χ2n) is 6.25. The molecule has 0 radical (unpaired) electrons. The summed E-state index contributed by atoms with van der Waals surface area (Å²) in [6.45, 7) is 4.92. The zero-order valence-electron chi connectivity index (χ0n) is 14.6. The number of nitrogens with one attached hydrogen (secondary N) is 2. The van der Waals surface area contributed by atoms with Gasteiger partial charge in [0.2, 0.25) is 5.95 Å².